The van der Waals surface area contributed by atoms with E-state index in [9.17, 15) is 4.79 Å². The molecule has 4 nitrogen and oxygen atoms in total. The topological polar surface area (TPSA) is 59.3 Å². The van der Waals surface area contributed by atoms with Crippen molar-refractivity contribution in [3.8, 4) is 24.2 Å². The predicted molar refractivity (Wildman–Crippen MR) is 70.4 cm³/mol. The number of carbonyl (C=O) groups is 1. The summed E-state index contributed by atoms with van der Waals surface area (Å²) >= 11 is 0. The molecule has 1 aromatic rings. The summed E-state index contributed by atoms with van der Waals surface area (Å²) in [5.41, 5.74) is 0.320. The zero-order valence-electron chi connectivity index (χ0n) is 11.2. The van der Waals surface area contributed by atoms with Crippen molar-refractivity contribution in [2.75, 3.05) is 6.61 Å². The molecule has 0 saturated carbocycles. The number of carbonyl (C=O) groups excluding carboxylic acids is 1. The number of rotatable bonds is 3. The number of benzene rings is 1. The lowest BCUT2D eigenvalue weighted by Crippen LogP contribution is -2.27. The van der Waals surface area contributed by atoms with Crippen LogP contribution in [0.25, 0.3) is 0 Å². The summed E-state index contributed by atoms with van der Waals surface area (Å²) in [5, 5.41) is 8.76. The normalized spacial score (nSPS) is 10.2. The highest BCUT2D eigenvalue weighted by Gasteiger charge is 2.17. The first-order chi connectivity index (χ1) is 8.85. The van der Waals surface area contributed by atoms with Gasteiger partial charge in [-0.3, -0.25) is 0 Å². The Kier molecular flexibility index (Phi) is 4.56. The van der Waals surface area contributed by atoms with Crippen molar-refractivity contribution in [1.29, 1.82) is 5.26 Å². The standard InChI is InChI=1S/C15H15NO3/c1-5-12-8-11(9-16)6-7-13(12)18-10-14(17)19-15(2,3)4/h1,6-8H,10H2,2-4H3. The SMILES string of the molecule is C#Cc1cc(C#N)ccc1OCC(=O)OC(C)(C)C. The molecule has 1 rings (SSSR count). The fourth-order valence-corrected chi connectivity index (χ4v) is 1.35. The van der Waals surface area contributed by atoms with Gasteiger partial charge in [-0.25, -0.2) is 4.79 Å². The minimum Gasteiger partial charge on any atom is -0.481 e. The highest BCUT2D eigenvalue weighted by atomic mass is 16.6. The van der Waals surface area contributed by atoms with Crippen LogP contribution in [0.4, 0.5) is 0 Å². The van der Waals surface area contributed by atoms with Gasteiger partial charge >= 0.3 is 5.97 Å². The molecule has 4 heteroatoms. The zero-order chi connectivity index (χ0) is 14.5. The second kappa shape index (κ2) is 5.93. The summed E-state index contributed by atoms with van der Waals surface area (Å²) in [4.78, 5) is 11.5. The summed E-state index contributed by atoms with van der Waals surface area (Å²) in [6.45, 7) is 5.11. The molecule has 0 fully saturated rings. The molecule has 1 aromatic carbocycles. The third kappa shape index (κ3) is 4.73. The van der Waals surface area contributed by atoms with E-state index in [4.69, 9.17) is 21.2 Å². The molecule has 0 atom stereocenters. The van der Waals surface area contributed by atoms with E-state index in [1.165, 1.54) is 6.07 Å². The van der Waals surface area contributed by atoms with E-state index >= 15 is 0 Å². The Morgan fingerprint density at radius 3 is 2.63 bits per heavy atom. The first kappa shape index (κ1) is 14.6. The van der Waals surface area contributed by atoms with E-state index < -0.39 is 11.6 Å². The van der Waals surface area contributed by atoms with Crippen LogP contribution in [-0.4, -0.2) is 18.2 Å². The van der Waals surface area contributed by atoms with Crippen molar-refractivity contribution in [2.45, 2.75) is 26.4 Å². The first-order valence-corrected chi connectivity index (χ1v) is 5.71. The lowest BCUT2D eigenvalue weighted by atomic mass is 10.1. The second-order valence-electron chi connectivity index (χ2n) is 4.84. The Bertz CT molecular complexity index is 556. The number of terminal acetylenes is 1. The number of esters is 1. The van der Waals surface area contributed by atoms with Gasteiger partial charge in [0.2, 0.25) is 0 Å². The maximum absolute atomic E-state index is 11.5. The molecule has 0 unspecified atom stereocenters. The Hall–Kier alpha value is -2.46. The van der Waals surface area contributed by atoms with E-state index in [1.54, 1.807) is 32.9 Å². The predicted octanol–water partition coefficient (Wildman–Crippen LogP) is 2.26. The van der Waals surface area contributed by atoms with E-state index in [-0.39, 0.29) is 6.61 Å². The number of hydrogen-bond donors (Lipinski definition) is 0. The highest BCUT2D eigenvalue weighted by molar-refractivity contribution is 5.71. The molecule has 0 spiro atoms. The summed E-state index contributed by atoms with van der Waals surface area (Å²) in [5.74, 6) is 2.32. The monoisotopic (exact) mass is 257 g/mol. The van der Waals surface area contributed by atoms with Crippen LogP contribution in [0.3, 0.4) is 0 Å². The van der Waals surface area contributed by atoms with Crippen LogP contribution in [0.1, 0.15) is 31.9 Å². The zero-order valence-corrected chi connectivity index (χ0v) is 11.2. The lowest BCUT2D eigenvalue weighted by Gasteiger charge is -2.19. The molecular weight excluding hydrogens is 242 g/mol. The van der Waals surface area contributed by atoms with Gasteiger partial charge in [0.05, 0.1) is 17.2 Å². The molecule has 0 bridgehead atoms. The third-order valence-corrected chi connectivity index (χ3v) is 2.03. The maximum atomic E-state index is 11.5. The van der Waals surface area contributed by atoms with Gasteiger partial charge in [0.15, 0.2) is 6.61 Å². The quantitative estimate of drug-likeness (QED) is 0.615. The fourth-order valence-electron chi connectivity index (χ4n) is 1.35. The lowest BCUT2D eigenvalue weighted by molar-refractivity contribution is -0.157. The summed E-state index contributed by atoms with van der Waals surface area (Å²) in [6.07, 6.45) is 5.33. The number of nitrogens with zero attached hydrogens (tertiary/aromatic N) is 1. The first-order valence-electron chi connectivity index (χ1n) is 5.71. The van der Waals surface area contributed by atoms with Crippen LogP contribution < -0.4 is 4.74 Å². The van der Waals surface area contributed by atoms with Gasteiger partial charge in [-0.05, 0) is 39.0 Å². The van der Waals surface area contributed by atoms with Crippen molar-refractivity contribution in [3.63, 3.8) is 0 Å². The van der Waals surface area contributed by atoms with Crippen molar-refractivity contribution < 1.29 is 14.3 Å². The molecule has 0 radical (unpaired) electrons. The van der Waals surface area contributed by atoms with Gasteiger partial charge in [0, 0.05) is 0 Å². The Labute approximate surface area is 112 Å². The average Bonchev–Trinajstić information content (AvgIpc) is 2.34. The molecule has 0 amide bonds. The molecule has 0 saturated heterocycles. The molecule has 0 aliphatic heterocycles. The van der Waals surface area contributed by atoms with E-state index in [0.29, 0.717) is 16.9 Å². The van der Waals surface area contributed by atoms with Gasteiger partial charge in [-0.1, -0.05) is 5.92 Å². The van der Waals surface area contributed by atoms with Gasteiger partial charge in [-0.2, -0.15) is 5.26 Å². The minimum atomic E-state index is -0.555. The minimum absolute atomic E-state index is 0.224. The van der Waals surface area contributed by atoms with Crippen molar-refractivity contribution in [3.05, 3.63) is 29.3 Å². The molecule has 19 heavy (non-hydrogen) atoms. The largest absolute Gasteiger partial charge is 0.481 e. The van der Waals surface area contributed by atoms with Crippen LogP contribution >= 0.6 is 0 Å². The van der Waals surface area contributed by atoms with Gasteiger partial charge in [0.1, 0.15) is 11.4 Å². The van der Waals surface area contributed by atoms with Crippen LogP contribution in [-0.2, 0) is 9.53 Å². The maximum Gasteiger partial charge on any atom is 0.344 e. The average molecular weight is 257 g/mol. The molecule has 0 heterocycles. The van der Waals surface area contributed by atoms with Gasteiger partial charge in [0.25, 0.3) is 0 Å². The number of nitriles is 1. The van der Waals surface area contributed by atoms with Crippen molar-refractivity contribution in [2.24, 2.45) is 0 Å². The van der Waals surface area contributed by atoms with E-state index in [1.807, 2.05) is 6.07 Å². The second-order valence-corrected chi connectivity index (χ2v) is 4.84. The van der Waals surface area contributed by atoms with Crippen LogP contribution in [0.5, 0.6) is 5.75 Å². The van der Waals surface area contributed by atoms with E-state index in [2.05, 4.69) is 5.92 Å². The summed E-state index contributed by atoms with van der Waals surface area (Å²) in [6, 6.07) is 6.66. The Balaban J connectivity index is 2.72. The molecular formula is C15H15NO3. The molecule has 98 valence electrons. The van der Waals surface area contributed by atoms with E-state index in [0.717, 1.165) is 0 Å². The van der Waals surface area contributed by atoms with Gasteiger partial charge < -0.3 is 9.47 Å². The highest BCUT2D eigenvalue weighted by Crippen LogP contribution is 2.19. The smallest absolute Gasteiger partial charge is 0.344 e. The Morgan fingerprint density at radius 2 is 2.11 bits per heavy atom. The third-order valence-electron chi connectivity index (χ3n) is 2.03. The van der Waals surface area contributed by atoms with Gasteiger partial charge in [-0.15, -0.1) is 6.42 Å². The van der Waals surface area contributed by atoms with Crippen LogP contribution in [0, 0.1) is 23.7 Å². The van der Waals surface area contributed by atoms with Crippen LogP contribution in [0.15, 0.2) is 18.2 Å². The summed E-state index contributed by atoms with van der Waals surface area (Å²) < 4.78 is 10.4. The Morgan fingerprint density at radius 1 is 1.42 bits per heavy atom. The molecule has 0 aliphatic carbocycles. The summed E-state index contributed by atoms with van der Waals surface area (Å²) in [7, 11) is 0. The number of ether oxygens (including phenoxy) is 2. The molecule has 0 aromatic heterocycles. The number of hydrogen-bond acceptors (Lipinski definition) is 4. The fraction of sp³-hybridized carbons (Fsp3) is 0.333. The van der Waals surface area contributed by atoms with Crippen molar-refractivity contribution >= 4 is 5.97 Å². The molecule has 0 aliphatic rings. The van der Waals surface area contributed by atoms with Crippen molar-refractivity contribution in [1.82, 2.24) is 0 Å². The van der Waals surface area contributed by atoms with Crippen LogP contribution in [0.2, 0.25) is 0 Å². The molecule has 0 N–H and O–H groups in total.